The van der Waals surface area contributed by atoms with Crippen LogP contribution in [0.4, 0.5) is 13.2 Å². The molecule has 0 saturated heterocycles. The lowest BCUT2D eigenvalue weighted by molar-refractivity contribution is -0.136. The van der Waals surface area contributed by atoms with E-state index in [1.165, 1.54) is 0 Å². The van der Waals surface area contributed by atoms with E-state index in [4.69, 9.17) is 10.8 Å². The van der Waals surface area contributed by atoms with Crippen molar-refractivity contribution in [3.63, 3.8) is 0 Å². The fraction of sp³-hybridized carbons (Fsp3) is 1.00. The van der Waals surface area contributed by atoms with Crippen LogP contribution in [0.25, 0.3) is 0 Å². The molecule has 10 heavy (non-hydrogen) atoms. The van der Waals surface area contributed by atoms with Gasteiger partial charge in [-0.2, -0.15) is 13.2 Å². The number of rotatable bonds is 3. The Balaban J connectivity index is 3.36. The lowest BCUT2D eigenvalue weighted by Gasteiger charge is -2.09. The topological polar surface area (TPSA) is 46.2 Å². The highest BCUT2D eigenvalue weighted by atomic mass is 19.4. The Bertz CT molecular complexity index is 93.4. The number of alkyl halides is 3. The quantitative estimate of drug-likeness (QED) is 0.631. The molecule has 0 fully saturated rings. The average Bonchev–Trinajstić information content (AvgIpc) is 1.81. The highest BCUT2D eigenvalue weighted by Gasteiger charge is 2.27. The van der Waals surface area contributed by atoms with E-state index in [-0.39, 0.29) is 6.42 Å². The van der Waals surface area contributed by atoms with E-state index in [9.17, 15) is 13.2 Å². The second-order valence-corrected chi connectivity index (χ2v) is 2.10. The summed E-state index contributed by atoms with van der Waals surface area (Å²) in [4.78, 5) is 0. The number of hydrogen-bond donors (Lipinski definition) is 2. The molecular weight excluding hydrogens is 147 g/mol. The zero-order chi connectivity index (χ0) is 8.20. The van der Waals surface area contributed by atoms with Gasteiger partial charge in [-0.25, -0.2) is 0 Å². The normalized spacial score (nSPS) is 15.3. The Morgan fingerprint density at radius 1 is 1.40 bits per heavy atom. The lowest BCUT2D eigenvalue weighted by atomic mass is 10.2. The van der Waals surface area contributed by atoms with Crippen molar-refractivity contribution >= 4 is 0 Å². The fourth-order valence-corrected chi connectivity index (χ4v) is 0.440. The molecule has 2 nitrogen and oxygen atoms in total. The molecule has 0 amide bonds. The van der Waals surface area contributed by atoms with Crippen molar-refractivity contribution in [1.29, 1.82) is 0 Å². The summed E-state index contributed by atoms with van der Waals surface area (Å²) in [5, 5.41) is 8.24. The van der Waals surface area contributed by atoms with Crippen LogP contribution in [0.5, 0.6) is 0 Å². The summed E-state index contributed by atoms with van der Waals surface area (Å²) in [5.41, 5.74) is 5.03. The van der Waals surface area contributed by atoms with Crippen molar-refractivity contribution in [1.82, 2.24) is 0 Å². The first kappa shape index (κ1) is 9.71. The third kappa shape index (κ3) is 5.84. The highest BCUT2D eigenvalue weighted by molar-refractivity contribution is 4.61. The zero-order valence-corrected chi connectivity index (χ0v) is 5.36. The summed E-state index contributed by atoms with van der Waals surface area (Å²) in [6.07, 6.45) is -5.29. The molecule has 0 aliphatic carbocycles. The second kappa shape index (κ2) is 3.78. The van der Waals surface area contributed by atoms with Gasteiger partial charge < -0.3 is 10.8 Å². The van der Waals surface area contributed by atoms with E-state index in [2.05, 4.69) is 0 Å². The van der Waals surface area contributed by atoms with E-state index >= 15 is 0 Å². The second-order valence-electron chi connectivity index (χ2n) is 2.10. The van der Waals surface area contributed by atoms with Crippen LogP contribution in [0.1, 0.15) is 12.8 Å². The molecule has 0 aliphatic heterocycles. The molecule has 0 aromatic heterocycles. The highest BCUT2D eigenvalue weighted by Crippen LogP contribution is 2.21. The molecule has 0 unspecified atom stereocenters. The Morgan fingerprint density at radius 2 is 1.90 bits per heavy atom. The maximum atomic E-state index is 11.4. The molecule has 1 atom stereocenters. The molecule has 0 radical (unpaired) electrons. The predicted molar refractivity (Wildman–Crippen MR) is 30.4 cm³/mol. The first-order valence-electron chi connectivity index (χ1n) is 2.89. The van der Waals surface area contributed by atoms with Crippen LogP contribution in [0.15, 0.2) is 0 Å². The fourth-order valence-electron chi connectivity index (χ4n) is 0.440. The lowest BCUT2D eigenvalue weighted by Crippen LogP contribution is -2.26. The summed E-state index contributed by atoms with van der Waals surface area (Å²) < 4.78 is 34.2. The maximum absolute atomic E-state index is 11.4. The Morgan fingerprint density at radius 3 is 2.20 bits per heavy atom. The molecule has 0 spiro atoms. The van der Waals surface area contributed by atoms with Crippen molar-refractivity contribution in [2.24, 2.45) is 5.73 Å². The molecule has 0 aliphatic rings. The van der Waals surface area contributed by atoms with Crippen LogP contribution < -0.4 is 5.73 Å². The van der Waals surface area contributed by atoms with Crippen molar-refractivity contribution in [3.8, 4) is 0 Å². The van der Waals surface area contributed by atoms with E-state index in [0.717, 1.165) is 0 Å². The Hall–Kier alpha value is -0.290. The minimum atomic E-state index is -4.16. The smallest absolute Gasteiger partial charge is 0.389 e. The molecular formula is C5H10F3NO. The first-order valence-corrected chi connectivity index (χ1v) is 2.89. The number of aliphatic hydroxyl groups excluding tert-OH is 1. The molecule has 3 N–H and O–H groups in total. The van der Waals surface area contributed by atoms with Gasteiger partial charge in [0.05, 0.1) is 6.61 Å². The molecule has 0 bridgehead atoms. The van der Waals surface area contributed by atoms with Gasteiger partial charge in [0.15, 0.2) is 0 Å². The van der Waals surface area contributed by atoms with E-state index in [0.29, 0.717) is 0 Å². The summed E-state index contributed by atoms with van der Waals surface area (Å²) in [6, 6.07) is -0.748. The average molecular weight is 157 g/mol. The van der Waals surface area contributed by atoms with Crippen molar-refractivity contribution < 1.29 is 18.3 Å². The Labute approximate surface area is 56.8 Å². The number of aliphatic hydroxyl groups is 1. The van der Waals surface area contributed by atoms with Crippen LogP contribution in [0.3, 0.4) is 0 Å². The van der Waals surface area contributed by atoms with Gasteiger partial charge in [-0.3, -0.25) is 0 Å². The van der Waals surface area contributed by atoms with Crippen LogP contribution in [-0.2, 0) is 0 Å². The molecule has 5 heteroatoms. The predicted octanol–water partition coefficient (Wildman–Crippen LogP) is 0.649. The summed E-state index contributed by atoms with van der Waals surface area (Å²) >= 11 is 0. The number of halogens is 3. The summed E-state index contributed by atoms with van der Waals surface area (Å²) in [7, 11) is 0. The monoisotopic (exact) mass is 157 g/mol. The minimum absolute atomic E-state index is 0.208. The third-order valence-electron chi connectivity index (χ3n) is 1.03. The van der Waals surface area contributed by atoms with Crippen molar-refractivity contribution in [3.05, 3.63) is 0 Å². The summed E-state index contributed by atoms with van der Waals surface area (Å²) in [6.45, 7) is -0.393. The molecule has 0 heterocycles. The van der Waals surface area contributed by atoms with Crippen molar-refractivity contribution in [2.45, 2.75) is 25.1 Å². The van der Waals surface area contributed by atoms with Crippen LogP contribution in [0.2, 0.25) is 0 Å². The zero-order valence-electron chi connectivity index (χ0n) is 5.36. The van der Waals surface area contributed by atoms with Gasteiger partial charge in [0.1, 0.15) is 0 Å². The van der Waals surface area contributed by atoms with Gasteiger partial charge in [-0.05, 0) is 6.42 Å². The van der Waals surface area contributed by atoms with Gasteiger partial charge in [-0.15, -0.1) is 0 Å². The summed E-state index contributed by atoms with van der Waals surface area (Å²) in [5.74, 6) is 0. The van der Waals surface area contributed by atoms with E-state index < -0.39 is 25.2 Å². The van der Waals surface area contributed by atoms with E-state index in [1.54, 1.807) is 0 Å². The largest absolute Gasteiger partial charge is 0.395 e. The van der Waals surface area contributed by atoms with Gasteiger partial charge >= 0.3 is 6.18 Å². The van der Waals surface area contributed by atoms with Gasteiger partial charge in [-0.1, -0.05) is 0 Å². The SMILES string of the molecule is N[C@H](CO)CCC(F)(F)F. The standard InChI is InChI=1S/C5H10F3NO/c6-5(7,8)2-1-4(9)3-10/h4,10H,1-3,9H2/t4-/m0/s1. The maximum Gasteiger partial charge on any atom is 0.389 e. The number of nitrogens with two attached hydrogens (primary N) is 1. The first-order chi connectivity index (χ1) is 4.45. The number of hydrogen-bond acceptors (Lipinski definition) is 2. The molecule has 0 aromatic carbocycles. The van der Waals surface area contributed by atoms with Crippen LogP contribution in [-0.4, -0.2) is 23.9 Å². The molecule has 0 saturated carbocycles. The van der Waals surface area contributed by atoms with Gasteiger partial charge in [0.25, 0.3) is 0 Å². The van der Waals surface area contributed by atoms with Crippen molar-refractivity contribution in [2.75, 3.05) is 6.61 Å². The molecule has 0 rings (SSSR count). The third-order valence-corrected chi connectivity index (χ3v) is 1.03. The van der Waals surface area contributed by atoms with Gasteiger partial charge in [0.2, 0.25) is 0 Å². The van der Waals surface area contributed by atoms with E-state index in [1.807, 2.05) is 0 Å². The van der Waals surface area contributed by atoms with Crippen LogP contribution >= 0.6 is 0 Å². The Kier molecular flexibility index (Phi) is 3.67. The molecule has 62 valence electrons. The molecule has 0 aromatic rings. The van der Waals surface area contributed by atoms with Crippen LogP contribution in [0, 0.1) is 0 Å². The van der Waals surface area contributed by atoms with Gasteiger partial charge in [0, 0.05) is 12.5 Å². The minimum Gasteiger partial charge on any atom is -0.395 e.